The van der Waals surface area contributed by atoms with Crippen LogP contribution in [-0.2, 0) is 16.1 Å². The molecule has 3 aromatic rings. The molecule has 0 radical (unpaired) electrons. The van der Waals surface area contributed by atoms with Crippen molar-refractivity contribution >= 4 is 22.5 Å². The van der Waals surface area contributed by atoms with Crippen molar-refractivity contribution in [1.29, 1.82) is 0 Å². The van der Waals surface area contributed by atoms with Gasteiger partial charge in [0.1, 0.15) is 17.9 Å². The Hall–Kier alpha value is -2.61. The van der Waals surface area contributed by atoms with Gasteiger partial charge in [-0.05, 0) is 6.92 Å². The first-order valence-electron chi connectivity index (χ1n) is 6.84. The van der Waals surface area contributed by atoms with Gasteiger partial charge < -0.3 is 14.5 Å². The molecule has 0 saturated heterocycles. The molecule has 8 nitrogen and oxygen atoms in total. The number of carbonyl (C=O) groups is 1. The number of rotatable bonds is 5. The summed E-state index contributed by atoms with van der Waals surface area (Å²) in [6.07, 6.45) is 1.56. The SMILES string of the molecule is COCCNC(=O)Cn1nc(C)n2c(cc3occc32)c1=O. The van der Waals surface area contributed by atoms with Crippen LogP contribution >= 0.6 is 0 Å². The summed E-state index contributed by atoms with van der Waals surface area (Å²) >= 11 is 0. The third kappa shape index (κ3) is 2.37. The summed E-state index contributed by atoms with van der Waals surface area (Å²) in [5.74, 6) is 0.321. The highest BCUT2D eigenvalue weighted by atomic mass is 16.5. The molecule has 116 valence electrons. The van der Waals surface area contributed by atoms with Crippen LogP contribution < -0.4 is 10.9 Å². The van der Waals surface area contributed by atoms with Crippen molar-refractivity contribution in [2.45, 2.75) is 13.5 Å². The molecule has 1 amide bonds. The zero-order valence-electron chi connectivity index (χ0n) is 12.3. The van der Waals surface area contributed by atoms with Gasteiger partial charge in [0, 0.05) is 25.8 Å². The number of nitrogens with one attached hydrogen (secondary N) is 1. The first-order chi connectivity index (χ1) is 10.6. The molecular formula is C14H16N4O4. The topological polar surface area (TPSA) is 90.8 Å². The Bertz CT molecular complexity index is 889. The molecule has 0 spiro atoms. The summed E-state index contributed by atoms with van der Waals surface area (Å²) in [5, 5.41) is 6.86. The number of furan rings is 1. The monoisotopic (exact) mass is 304 g/mol. The fourth-order valence-electron chi connectivity index (χ4n) is 2.42. The van der Waals surface area contributed by atoms with Crippen molar-refractivity contribution in [2.24, 2.45) is 0 Å². The van der Waals surface area contributed by atoms with Crippen LogP contribution in [0, 0.1) is 6.92 Å². The first-order valence-corrected chi connectivity index (χ1v) is 6.84. The quantitative estimate of drug-likeness (QED) is 0.685. The molecule has 0 unspecified atom stereocenters. The molecule has 22 heavy (non-hydrogen) atoms. The van der Waals surface area contributed by atoms with Crippen LogP contribution in [0.25, 0.3) is 16.6 Å². The molecule has 0 aromatic carbocycles. The predicted molar refractivity (Wildman–Crippen MR) is 78.8 cm³/mol. The van der Waals surface area contributed by atoms with Gasteiger partial charge in [0.2, 0.25) is 5.91 Å². The number of hydrogen-bond donors (Lipinski definition) is 1. The van der Waals surface area contributed by atoms with Crippen molar-refractivity contribution in [2.75, 3.05) is 20.3 Å². The molecule has 0 aliphatic rings. The van der Waals surface area contributed by atoms with Gasteiger partial charge in [0.25, 0.3) is 5.56 Å². The fraction of sp³-hybridized carbons (Fsp3) is 0.357. The number of aryl methyl sites for hydroxylation is 1. The number of nitrogens with zero attached hydrogens (tertiary/aromatic N) is 3. The van der Waals surface area contributed by atoms with Crippen LogP contribution in [0.5, 0.6) is 0 Å². The molecule has 0 saturated carbocycles. The number of ether oxygens (including phenoxy) is 1. The van der Waals surface area contributed by atoms with Crippen LogP contribution in [0.1, 0.15) is 5.82 Å². The molecule has 1 N–H and O–H groups in total. The lowest BCUT2D eigenvalue weighted by atomic mass is 10.5. The van der Waals surface area contributed by atoms with Crippen molar-refractivity contribution in [3.8, 4) is 0 Å². The van der Waals surface area contributed by atoms with E-state index >= 15 is 0 Å². The fourth-order valence-corrected chi connectivity index (χ4v) is 2.42. The molecule has 0 atom stereocenters. The lowest BCUT2D eigenvalue weighted by molar-refractivity contribution is -0.122. The molecule has 3 rings (SSSR count). The van der Waals surface area contributed by atoms with E-state index < -0.39 is 0 Å². The Morgan fingerprint density at radius 2 is 2.27 bits per heavy atom. The van der Waals surface area contributed by atoms with Gasteiger partial charge in [-0.3, -0.25) is 14.0 Å². The highest BCUT2D eigenvalue weighted by Gasteiger charge is 2.15. The van der Waals surface area contributed by atoms with Crippen molar-refractivity contribution in [1.82, 2.24) is 19.5 Å². The van der Waals surface area contributed by atoms with E-state index in [4.69, 9.17) is 9.15 Å². The van der Waals surface area contributed by atoms with E-state index in [9.17, 15) is 9.59 Å². The maximum Gasteiger partial charge on any atom is 0.291 e. The van der Waals surface area contributed by atoms with Gasteiger partial charge in [-0.15, -0.1) is 0 Å². The minimum Gasteiger partial charge on any atom is -0.463 e. The molecular weight excluding hydrogens is 288 g/mol. The van der Waals surface area contributed by atoms with Gasteiger partial charge in [-0.1, -0.05) is 0 Å². The van der Waals surface area contributed by atoms with Crippen molar-refractivity contribution in [3.63, 3.8) is 0 Å². The highest BCUT2D eigenvalue weighted by molar-refractivity contribution is 5.82. The van der Waals surface area contributed by atoms with E-state index in [1.54, 1.807) is 36.8 Å². The Morgan fingerprint density at radius 1 is 1.45 bits per heavy atom. The van der Waals surface area contributed by atoms with E-state index in [-0.39, 0.29) is 18.0 Å². The standard InChI is InChI=1S/C14H16N4O4/c1-9-16-17(8-13(19)15-4-6-21-2)14(20)11-7-12-10(18(9)11)3-5-22-12/h3,5,7H,4,6,8H2,1-2H3,(H,15,19). The number of carbonyl (C=O) groups excluding carboxylic acids is 1. The second-order valence-corrected chi connectivity index (χ2v) is 4.89. The number of hydrogen-bond acceptors (Lipinski definition) is 5. The summed E-state index contributed by atoms with van der Waals surface area (Å²) in [7, 11) is 1.55. The Morgan fingerprint density at radius 3 is 3.05 bits per heavy atom. The summed E-state index contributed by atoms with van der Waals surface area (Å²) in [4.78, 5) is 24.3. The Kier molecular flexibility index (Phi) is 3.68. The zero-order chi connectivity index (χ0) is 15.7. The largest absolute Gasteiger partial charge is 0.463 e. The number of amides is 1. The normalized spacial score (nSPS) is 11.4. The van der Waals surface area contributed by atoms with Crippen LogP contribution in [-0.4, -0.2) is 40.3 Å². The minimum absolute atomic E-state index is 0.133. The van der Waals surface area contributed by atoms with E-state index in [2.05, 4.69) is 10.4 Å². The minimum atomic E-state index is -0.334. The van der Waals surface area contributed by atoms with E-state index in [0.717, 1.165) is 10.2 Å². The number of fused-ring (bicyclic) bond motifs is 3. The molecule has 3 heterocycles. The van der Waals surface area contributed by atoms with Gasteiger partial charge in [-0.25, -0.2) is 4.68 Å². The molecule has 8 heteroatoms. The lowest BCUT2D eigenvalue weighted by Crippen LogP contribution is -2.36. The summed E-state index contributed by atoms with van der Waals surface area (Å²) < 4.78 is 13.0. The smallest absolute Gasteiger partial charge is 0.291 e. The zero-order valence-corrected chi connectivity index (χ0v) is 12.3. The van der Waals surface area contributed by atoms with E-state index in [0.29, 0.717) is 30.1 Å². The molecule has 0 fully saturated rings. The molecule has 0 aliphatic carbocycles. The van der Waals surface area contributed by atoms with Gasteiger partial charge >= 0.3 is 0 Å². The lowest BCUT2D eigenvalue weighted by Gasteiger charge is -2.08. The molecule has 0 aliphatic heterocycles. The second-order valence-electron chi connectivity index (χ2n) is 4.89. The summed E-state index contributed by atoms with van der Waals surface area (Å²) in [6, 6.07) is 3.43. The molecule has 3 aromatic heterocycles. The highest BCUT2D eigenvalue weighted by Crippen LogP contribution is 2.19. The number of aromatic nitrogens is 3. The maximum absolute atomic E-state index is 12.4. The number of methoxy groups -OCH3 is 1. The van der Waals surface area contributed by atoms with Gasteiger partial charge in [0.05, 0.1) is 18.4 Å². The second kappa shape index (κ2) is 5.64. The first kappa shape index (κ1) is 14.3. The van der Waals surface area contributed by atoms with Crippen molar-refractivity contribution < 1.29 is 13.9 Å². The van der Waals surface area contributed by atoms with Gasteiger partial charge in [0.15, 0.2) is 5.58 Å². The third-order valence-corrected chi connectivity index (χ3v) is 3.39. The van der Waals surface area contributed by atoms with Crippen LogP contribution in [0.15, 0.2) is 27.6 Å². The van der Waals surface area contributed by atoms with Crippen LogP contribution in [0.4, 0.5) is 0 Å². The Labute approximate surface area is 125 Å². The Balaban J connectivity index is 1.96. The van der Waals surface area contributed by atoms with Crippen molar-refractivity contribution in [3.05, 3.63) is 34.6 Å². The summed E-state index contributed by atoms with van der Waals surface area (Å²) in [6.45, 7) is 2.45. The average molecular weight is 304 g/mol. The van der Waals surface area contributed by atoms with Crippen LogP contribution in [0.2, 0.25) is 0 Å². The van der Waals surface area contributed by atoms with Crippen LogP contribution in [0.3, 0.4) is 0 Å². The average Bonchev–Trinajstić information content (AvgIpc) is 3.05. The third-order valence-electron chi connectivity index (χ3n) is 3.39. The van der Waals surface area contributed by atoms with E-state index in [1.807, 2.05) is 0 Å². The predicted octanol–water partition coefficient (Wildman–Crippen LogP) is 0.313. The maximum atomic E-state index is 12.4. The summed E-state index contributed by atoms with van der Waals surface area (Å²) in [5.41, 5.74) is 1.50. The van der Waals surface area contributed by atoms with Gasteiger partial charge in [-0.2, -0.15) is 5.10 Å². The molecule has 0 bridgehead atoms. The van der Waals surface area contributed by atoms with E-state index in [1.165, 1.54) is 0 Å².